The van der Waals surface area contributed by atoms with E-state index in [2.05, 4.69) is 46.6 Å². The molecule has 0 fully saturated rings. The Kier molecular flexibility index (Phi) is 7.39. The largest absolute Gasteiger partial charge is 0.346 e. The average Bonchev–Trinajstić information content (AvgIpc) is 3.32. The number of nitrogens with zero attached hydrogens (tertiary/aromatic N) is 3. The molecule has 4 rings (SSSR count). The van der Waals surface area contributed by atoms with Gasteiger partial charge >= 0.3 is 0 Å². The van der Waals surface area contributed by atoms with E-state index in [1.165, 1.54) is 22.9 Å². The summed E-state index contributed by atoms with van der Waals surface area (Å²) in [5.74, 6) is -0.213. The zero-order valence-corrected chi connectivity index (χ0v) is 19.8. The zero-order chi connectivity index (χ0) is 23.9. The molecule has 8 heteroatoms. The van der Waals surface area contributed by atoms with Crippen molar-refractivity contribution in [1.82, 2.24) is 19.9 Å². The highest BCUT2D eigenvalue weighted by Crippen LogP contribution is 2.22. The van der Waals surface area contributed by atoms with Crippen molar-refractivity contribution in [3.05, 3.63) is 102 Å². The number of benzene rings is 2. The summed E-state index contributed by atoms with van der Waals surface area (Å²) in [6.45, 7) is 4.48. The number of pyridine rings is 1. The molecule has 2 aromatic carbocycles. The molecule has 0 atom stereocenters. The fourth-order valence-corrected chi connectivity index (χ4v) is 4.08. The Morgan fingerprint density at radius 2 is 1.82 bits per heavy atom. The lowest BCUT2D eigenvalue weighted by molar-refractivity contribution is -0.113. The van der Waals surface area contributed by atoms with E-state index < -0.39 is 0 Å². The SMILES string of the molecule is Cc1ccc(-n2ccnc2SCC(=O)Nc2cccc(C(=O)NCc3ccccn3)c2)cc1C. The lowest BCUT2D eigenvalue weighted by Gasteiger charge is -2.10. The predicted molar refractivity (Wildman–Crippen MR) is 134 cm³/mol. The van der Waals surface area contributed by atoms with Gasteiger partial charge in [-0.15, -0.1) is 0 Å². The number of amides is 2. The van der Waals surface area contributed by atoms with Crippen LogP contribution in [0.2, 0.25) is 0 Å². The molecule has 2 heterocycles. The molecule has 0 spiro atoms. The molecule has 0 aliphatic heterocycles. The zero-order valence-electron chi connectivity index (χ0n) is 19.0. The molecule has 4 aromatic rings. The Hall–Kier alpha value is -3.91. The predicted octanol–water partition coefficient (Wildman–Crippen LogP) is 4.54. The van der Waals surface area contributed by atoms with Gasteiger partial charge in [-0.2, -0.15) is 0 Å². The van der Waals surface area contributed by atoms with Gasteiger partial charge in [0.1, 0.15) is 0 Å². The number of aryl methyl sites for hydroxylation is 2. The van der Waals surface area contributed by atoms with E-state index in [0.717, 1.165) is 16.5 Å². The van der Waals surface area contributed by atoms with Crippen molar-refractivity contribution in [2.45, 2.75) is 25.5 Å². The number of carbonyl (C=O) groups is 2. The van der Waals surface area contributed by atoms with Crippen molar-refractivity contribution >= 4 is 29.3 Å². The summed E-state index contributed by atoms with van der Waals surface area (Å²) in [7, 11) is 0. The first kappa shape index (κ1) is 23.3. The summed E-state index contributed by atoms with van der Waals surface area (Å²) in [5.41, 5.74) is 5.23. The van der Waals surface area contributed by atoms with Crippen molar-refractivity contribution in [2.75, 3.05) is 11.1 Å². The highest BCUT2D eigenvalue weighted by Gasteiger charge is 2.12. The molecule has 0 saturated heterocycles. The Labute approximate surface area is 202 Å². The number of anilines is 1. The number of hydrogen-bond donors (Lipinski definition) is 2. The second kappa shape index (κ2) is 10.8. The first-order chi connectivity index (χ1) is 16.5. The third-order valence-electron chi connectivity index (χ3n) is 5.27. The van der Waals surface area contributed by atoms with Crippen LogP contribution in [0.4, 0.5) is 5.69 Å². The number of nitrogens with one attached hydrogen (secondary N) is 2. The molecule has 0 saturated carbocycles. The summed E-state index contributed by atoms with van der Waals surface area (Å²) in [6, 6.07) is 18.6. The molecule has 2 N–H and O–H groups in total. The van der Waals surface area contributed by atoms with Crippen LogP contribution in [0.5, 0.6) is 0 Å². The minimum atomic E-state index is -0.230. The van der Waals surface area contributed by atoms with E-state index in [4.69, 9.17) is 0 Å². The van der Waals surface area contributed by atoms with Gasteiger partial charge in [-0.3, -0.25) is 19.1 Å². The normalized spacial score (nSPS) is 10.6. The third kappa shape index (κ3) is 5.90. The maximum atomic E-state index is 12.6. The van der Waals surface area contributed by atoms with Gasteiger partial charge in [0, 0.05) is 35.5 Å². The van der Waals surface area contributed by atoms with Crippen LogP contribution < -0.4 is 10.6 Å². The van der Waals surface area contributed by atoms with Crippen molar-refractivity contribution < 1.29 is 9.59 Å². The highest BCUT2D eigenvalue weighted by molar-refractivity contribution is 7.99. The molecule has 0 aliphatic carbocycles. The van der Waals surface area contributed by atoms with E-state index in [9.17, 15) is 9.59 Å². The van der Waals surface area contributed by atoms with Crippen molar-refractivity contribution in [2.24, 2.45) is 0 Å². The summed E-state index contributed by atoms with van der Waals surface area (Å²) >= 11 is 1.36. The summed E-state index contributed by atoms with van der Waals surface area (Å²) in [4.78, 5) is 33.6. The van der Waals surface area contributed by atoms with Crippen LogP contribution in [0.15, 0.2) is 84.4 Å². The van der Waals surface area contributed by atoms with Crippen LogP contribution >= 0.6 is 11.8 Å². The molecule has 34 heavy (non-hydrogen) atoms. The second-order valence-corrected chi connectivity index (χ2v) is 8.71. The van der Waals surface area contributed by atoms with Crippen LogP contribution in [0.3, 0.4) is 0 Å². The molecular formula is C26H25N5O2S. The van der Waals surface area contributed by atoms with Crippen molar-refractivity contribution in [1.29, 1.82) is 0 Å². The van der Waals surface area contributed by atoms with E-state index in [1.807, 2.05) is 35.0 Å². The number of carbonyl (C=O) groups excluding carboxylic acids is 2. The van der Waals surface area contributed by atoms with Crippen LogP contribution in [-0.4, -0.2) is 32.1 Å². The van der Waals surface area contributed by atoms with E-state index in [0.29, 0.717) is 17.8 Å². The van der Waals surface area contributed by atoms with Crippen LogP contribution in [0.1, 0.15) is 27.2 Å². The lowest BCUT2D eigenvalue weighted by atomic mass is 10.1. The number of hydrogen-bond acceptors (Lipinski definition) is 5. The fraction of sp³-hybridized carbons (Fsp3) is 0.154. The quantitative estimate of drug-likeness (QED) is 0.368. The molecule has 2 amide bonds. The van der Waals surface area contributed by atoms with Gasteiger partial charge in [0.15, 0.2) is 5.16 Å². The van der Waals surface area contributed by atoms with Gasteiger partial charge in [0.05, 0.1) is 18.0 Å². The maximum Gasteiger partial charge on any atom is 0.251 e. The highest BCUT2D eigenvalue weighted by atomic mass is 32.2. The summed E-state index contributed by atoms with van der Waals surface area (Å²) in [5, 5.41) is 6.44. The van der Waals surface area contributed by atoms with Crippen LogP contribution in [-0.2, 0) is 11.3 Å². The van der Waals surface area contributed by atoms with Gasteiger partial charge in [-0.25, -0.2) is 4.98 Å². The van der Waals surface area contributed by atoms with Gasteiger partial charge in [-0.05, 0) is 67.4 Å². The second-order valence-electron chi connectivity index (χ2n) is 7.77. The molecule has 172 valence electrons. The van der Waals surface area contributed by atoms with E-state index in [1.54, 1.807) is 36.7 Å². The minimum absolute atomic E-state index is 0.175. The summed E-state index contributed by atoms with van der Waals surface area (Å²) in [6.07, 6.45) is 5.30. The smallest absolute Gasteiger partial charge is 0.251 e. The van der Waals surface area contributed by atoms with Crippen molar-refractivity contribution in [3.8, 4) is 5.69 Å². The Morgan fingerprint density at radius 1 is 0.941 bits per heavy atom. The molecule has 2 aromatic heterocycles. The van der Waals surface area contributed by atoms with E-state index in [-0.39, 0.29) is 17.6 Å². The first-order valence-corrected chi connectivity index (χ1v) is 11.8. The first-order valence-electron chi connectivity index (χ1n) is 10.8. The molecule has 0 bridgehead atoms. The fourth-order valence-electron chi connectivity index (χ4n) is 3.31. The summed E-state index contributed by atoms with van der Waals surface area (Å²) < 4.78 is 1.97. The topological polar surface area (TPSA) is 88.9 Å². The standard InChI is InChI=1S/C26H25N5O2S/c1-18-9-10-23(14-19(18)2)31-13-12-28-26(31)34-17-24(32)30-21-8-5-6-20(15-21)25(33)29-16-22-7-3-4-11-27-22/h3-15H,16-17H2,1-2H3,(H,29,33)(H,30,32). The monoisotopic (exact) mass is 471 g/mol. The minimum Gasteiger partial charge on any atom is -0.346 e. The van der Waals surface area contributed by atoms with E-state index >= 15 is 0 Å². The van der Waals surface area contributed by atoms with Gasteiger partial charge in [0.2, 0.25) is 5.91 Å². The van der Waals surface area contributed by atoms with Gasteiger partial charge < -0.3 is 10.6 Å². The Bertz CT molecular complexity index is 1300. The average molecular weight is 472 g/mol. The lowest BCUT2D eigenvalue weighted by Crippen LogP contribution is -2.23. The van der Waals surface area contributed by atoms with Gasteiger partial charge in [-0.1, -0.05) is 30.0 Å². The van der Waals surface area contributed by atoms with Gasteiger partial charge in [0.25, 0.3) is 5.91 Å². The maximum absolute atomic E-state index is 12.6. The molecule has 0 unspecified atom stereocenters. The molecule has 7 nitrogen and oxygen atoms in total. The molecule has 0 aliphatic rings. The Morgan fingerprint density at radius 3 is 2.62 bits per heavy atom. The number of imidazole rings is 1. The van der Waals surface area contributed by atoms with Crippen molar-refractivity contribution in [3.63, 3.8) is 0 Å². The van der Waals surface area contributed by atoms with Crippen LogP contribution in [0.25, 0.3) is 5.69 Å². The molecule has 0 radical (unpaired) electrons. The van der Waals surface area contributed by atoms with Crippen LogP contribution in [0, 0.1) is 13.8 Å². The number of thioether (sulfide) groups is 1. The molecular weight excluding hydrogens is 446 g/mol. The third-order valence-corrected chi connectivity index (χ3v) is 6.24. The Balaban J connectivity index is 1.34. The number of aromatic nitrogens is 3. The number of rotatable bonds is 8.